The molecule has 2 aliphatic heterocycles. The Balaban J connectivity index is 1.71. The standard InChI is InChI=1S/C18H27NO5/c1-21-7-5-18(12-20)4-3-6-19(11-18)10-14-8-15(22-2)17-16(9-14)23-13-24-17/h8-9,20H,3-7,10-13H2,1-2H3/t18-/m0/s1. The largest absolute Gasteiger partial charge is 0.493 e. The molecule has 6 nitrogen and oxygen atoms in total. The van der Waals surface area contributed by atoms with Gasteiger partial charge in [-0.05, 0) is 43.5 Å². The molecule has 1 fully saturated rings. The highest BCUT2D eigenvalue weighted by atomic mass is 16.7. The Bertz CT molecular complexity index is 565. The summed E-state index contributed by atoms with van der Waals surface area (Å²) in [5.41, 5.74) is 1.07. The summed E-state index contributed by atoms with van der Waals surface area (Å²) in [4.78, 5) is 2.40. The highest BCUT2D eigenvalue weighted by Gasteiger charge is 2.34. The van der Waals surface area contributed by atoms with E-state index in [0.29, 0.717) is 18.1 Å². The number of nitrogens with zero attached hydrogens (tertiary/aromatic N) is 1. The molecule has 0 bridgehead atoms. The number of ether oxygens (including phenoxy) is 4. The summed E-state index contributed by atoms with van der Waals surface area (Å²) < 4.78 is 21.6. The average Bonchev–Trinajstić information content (AvgIpc) is 3.08. The van der Waals surface area contributed by atoms with Crippen LogP contribution < -0.4 is 14.2 Å². The summed E-state index contributed by atoms with van der Waals surface area (Å²) in [6, 6.07) is 4.03. The van der Waals surface area contributed by atoms with Gasteiger partial charge < -0.3 is 24.1 Å². The van der Waals surface area contributed by atoms with Gasteiger partial charge in [0.25, 0.3) is 0 Å². The molecule has 2 aliphatic rings. The molecule has 0 aliphatic carbocycles. The molecule has 1 atom stereocenters. The van der Waals surface area contributed by atoms with Crippen molar-refractivity contribution in [2.75, 3.05) is 47.3 Å². The zero-order chi connectivity index (χ0) is 17.0. The van der Waals surface area contributed by atoms with E-state index in [1.165, 1.54) is 0 Å². The maximum atomic E-state index is 9.92. The van der Waals surface area contributed by atoms with Gasteiger partial charge in [0.1, 0.15) is 0 Å². The molecule has 1 aromatic rings. The van der Waals surface area contributed by atoms with Crippen LogP contribution in [0.15, 0.2) is 12.1 Å². The van der Waals surface area contributed by atoms with Gasteiger partial charge in [-0.15, -0.1) is 0 Å². The first-order valence-electron chi connectivity index (χ1n) is 8.48. The number of aliphatic hydroxyl groups excluding tert-OH is 1. The van der Waals surface area contributed by atoms with Crippen LogP contribution in [0.25, 0.3) is 0 Å². The van der Waals surface area contributed by atoms with Gasteiger partial charge >= 0.3 is 0 Å². The minimum absolute atomic E-state index is 0.0608. The molecule has 0 radical (unpaired) electrons. The molecule has 0 amide bonds. The number of rotatable bonds is 7. The van der Waals surface area contributed by atoms with Crippen LogP contribution in [-0.4, -0.2) is 57.3 Å². The van der Waals surface area contributed by atoms with E-state index in [1.54, 1.807) is 14.2 Å². The van der Waals surface area contributed by atoms with Crippen LogP contribution in [0.3, 0.4) is 0 Å². The number of hydrogen-bond acceptors (Lipinski definition) is 6. The van der Waals surface area contributed by atoms with Crippen molar-refractivity contribution >= 4 is 0 Å². The van der Waals surface area contributed by atoms with Crippen molar-refractivity contribution in [2.24, 2.45) is 5.41 Å². The van der Waals surface area contributed by atoms with Gasteiger partial charge in [-0.2, -0.15) is 0 Å². The Labute approximate surface area is 143 Å². The minimum Gasteiger partial charge on any atom is -0.493 e. The van der Waals surface area contributed by atoms with Crippen molar-refractivity contribution in [3.63, 3.8) is 0 Å². The number of fused-ring (bicyclic) bond motifs is 1. The van der Waals surface area contributed by atoms with E-state index < -0.39 is 0 Å². The fourth-order valence-electron chi connectivity index (χ4n) is 3.71. The van der Waals surface area contributed by atoms with E-state index in [0.717, 1.165) is 50.2 Å². The van der Waals surface area contributed by atoms with E-state index in [4.69, 9.17) is 18.9 Å². The Morgan fingerprint density at radius 2 is 2.17 bits per heavy atom. The van der Waals surface area contributed by atoms with Crippen LogP contribution in [0.4, 0.5) is 0 Å². The summed E-state index contributed by atoms with van der Waals surface area (Å²) in [5.74, 6) is 2.14. The summed E-state index contributed by atoms with van der Waals surface area (Å²) in [7, 11) is 3.36. The topological polar surface area (TPSA) is 60.4 Å². The van der Waals surface area contributed by atoms with Crippen LogP contribution in [-0.2, 0) is 11.3 Å². The number of benzene rings is 1. The molecule has 0 unspecified atom stereocenters. The van der Waals surface area contributed by atoms with E-state index in [9.17, 15) is 5.11 Å². The van der Waals surface area contributed by atoms with E-state index in [-0.39, 0.29) is 18.8 Å². The summed E-state index contributed by atoms with van der Waals surface area (Å²) in [6.07, 6.45) is 3.03. The normalized spacial score (nSPS) is 23.5. The molecule has 1 saturated heterocycles. The van der Waals surface area contributed by atoms with Crippen LogP contribution in [0.2, 0.25) is 0 Å². The van der Waals surface area contributed by atoms with Crippen LogP contribution >= 0.6 is 0 Å². The molecule has 0 aromatic heterocycles. The van der Waals surface area contributed by atoms with Crippen molar-refractivity contribution in [2.45, 2.75) is 25.8 Å². The molecular formula is C18H27NO5. The van der Waals surface area contributed by atoms with Crippen LogP contribution in [0.1, 0.15) is 24.8 Å². The summed E-state index contributed by atoms with van der Waals surface area (Å²) in [6.45, 7) is 3.85. The zero-order valence-electron chi connectivity index (χ0n) is 14.5. The van der Waals surface area contributed by atoms with Crippen LogP contribution in [0, 0.1) is 5.41 Å². The Morgan fingerprint density at radius 1 is 1.29 bits per heavy atom. The van der Waals surface area contributed by atoms with Gasteiger partial charge in [0.2, 0.25) is 12.5 Å². The Hall–Kier alpha value is -1.50. The van der Waals surface area contributed by atoms with Gasteiger partial charge in [-0.1, -0.05) is 0 Å². The lowest BCUT2D eigenvalue weighted by atomic mass is 9.78. The smallest absolute Gasteiger partial charge is 0.231 e. The SMILES string of the molecule is COCC[C@@]1(CO)CCCN(Cc2cc(OC)c3c(c2)OCO3)C1. The van der Waals surface area contributed by atoms with Crippen molar-refractivity contribution < 1.29 is 24.1 Å². The summed E-state index contributed by atoms with van der Waals surface area (Å²) in [5, 5.41) is 9.92. The predicted molar refractivity (Wildman–Crippen MR) is 89.6 cm³/mol. The molecule has 6 heteroatoms. The lowest BCUT2D eigenvalue weighted by Gasteiger charge is -2.42. The van der Waals surface area contributed by atoms with E-state index >= 15 is 0 Å². The second-order valence-electron chi connectivity index (χ2n) is 6.75. The molecule has 3 rings (SSSR count). The molecular weight excluding hydrogens is 310 g/mol. The third kappa shape index (κ3) is 3.61. The molecule has 1 aromatic carbocycles. The lowest BCUT2D eigenvalue weighted by Crippen LogP contribution is -2.45. The van der Waals surface area contributed by atoms with Gasteiger partial charge in [0.05, 0.1) is 13.7 Å². The number of aliphatic hydroxyl groups is 1. The third-order valence-electron chi connectivity index (χ3n) is 5.04. The molecule has 0 spiro atoms. The molecule has 0 saturated carbocycles. The van der Waals surface area contributed by atoms with Crippen molar-refractivity contribution in [1.82, 2.24) is 4.90 Å². The lowest BCUT2D eigenvalue weighted by molar-refractivity contribution is 0.00473. The number of piperidine rings is 1. The average molecular weight is 337 g/mol. The van der Waals surface area contributed by atoms with Crippen molar-refractivity contribution in [3.8, 4) is 17.2 Å². The monoisotopic (exact) mass is 337 g/mol. The minimum atomic E-state index is -0.0608. The fraction of sp³-hybridized carbons (Fsp3) is 0.667. The second-order valence-corrected chi connectivity index (χ2v) is 6.75. The molecule has 134 valence electrons. The van der Waals surface area contributed by atoms with Gasteiger partial charge in [0, 0.05) is 32.2 Å². The van der Waals surface area contributed by atoms with E-state index in [1.807, 2.05) is 12.1 Å². The van der Waals surface area contributed by atoms with Crippen molar-refractivity contribution in [1.29, 1.82) is 0 Å². The molecule has 24 heavy (non-hydrogen) atoms. The summed E-state index contributed by atoms with van der Waals surface area (Å²) >= 11 is 0. The quantitative estimate of drug-likeness (QED) is 0.822. The molecule has 1 N–H and O–H groups in total. The second kappa shape index (κ2) is 7.59. The number of likely N-dealkylation sites (tertiary alicyclic amines) is 1. The highest BCUT2D eigenvalue weighted by molar-refractivity contribution is 5.55. The van der Waals surface area contributed by atoms with Gasteiger partial charge in [-0.3, -0.25) is 4.90 Å². The maximum Gasteiger partial charge on any atom is 0.231 e. The van der Waals surface area contributed by atoms with Crippen molar-refractivity contribution in [3.05, 3.63) is 17.7 Å². The zero-order valence-corrected chi connectivity index (χ0v) is 14.5. The first kappa shape index (κ1) is 17.3. The van der Waals surface area contributed by atoms with E-state index in [2.05, 4.69) is 4.90 Å². The highest BCUT2D eigenvalue weighted by Crippen LogP contribution is 2.42. The first-order chi connectivity index (χ1) is 11.7. The third-order valence-corrected chi connectivity index (χ3v) is 5.04. The van der Waals surface area contributed by atoms with Gasteiger partial charge in [-0.25, -0.2) is 0 Å². The van der Waals surface area contributed by atoms with Gasteiger partial charge in [0.15, 0.2) is 11.5 Å². The number of methoxy groups -OCH3 is 2. The number of hydrogen-bond donors (Lipinski definition) is 1. The van der Waals surface area contributed by atoms with Crippen LogP contribution in [0.5, 0.6) is 17.2 Å². The fourth-order valence-corrected chi connectivity index (χ4v) is 3.71. The first-order valence-corrected chi connectivity index (χ1v) is 8.48. The maximum absolute atomic E-state index is 9.92. The predicted octanol–water partition coefficient (Wildman–Crippen LogP) is 2.03. The Kier molecular flexibility index (Phi) is 5.48. The molecule has 2 heterocycles. The Morgan fingerprint density at radius 3 is 2.92 bits per heavy atom.